The van der Waals surface area contributed by atoms with E-state index in [1.807, 2.05) is 0 Å². The number of hydrogen-bond donors (Lipinski definition) is 1. The molecule has 1 N–H and O–H groups in total. The SMILES string of the molecule is O=C(O)c1ccc(COc2ccc(Br)cc2F)c(Cl)c1. The van der Waals surface area contributed by atoms with Gasteiger partial charge in [-0.05, 0) is 30.3 Å². The highest BCUT2D eigenvalue weighted by Crippen LogP contribution is 2.24. The maximum atomic E-state index is 13.6. The van der Waals surface area contributed by atoms with E-state index in [4.69, 9.17) is 21.4 Å². The summed E-state index contributed by atoms with van der Waals surface area (Å²) in [7, 11) is 0. The molecule has 0 aliphatic rings. The Morgan fingerprint density at radius 3 is 2.65 bits per heavy atom. The third-order valence-corrected chi connectivity index (χ3v) is 3.42. The van der Waals surface area contributed by atoms with Crippen LogP contribution in [0.2, 0.25) is 5.02 Å². The molecule has 0 radical (unpaired) electrons. The van der Waals surface area contributed by atoms with E-state index in [9.17, 15) is 9.18 Å². The number of carbonyl (C=O) groups is 1. The molecule has 0 heterocycles. The molecule has 0 unspecified atom stereocenters. The quantitative estimate of drug-likeness (QED) is 0.873. The Labute approximate surface area is 128 Å². The van der Waals surface area contributed by atoms with Crippen molar-refractivity contribution in [3.63, 3.8) is 0 Å². The first-order valence-corrected chi connectivity index (χ1v) is 6.74. The molecule has 0 saturated carbocycles. The predicted molar refractivity (Wildman–Crippen MR) is 76.8 cm³/mol. The molecule has 0 amide bonds. The van der Waals surface area contributed by atoms with Crippen molar-refractivity contribution in [1.29, 1.82) is 0 Å². The average Bonchev–Trinajstić information content (AvgIpc) is 2.38. The first-order chi connectivity index (χ1) is 9.47. The van der Waals surface area contributed by atoms with E-state index in [-0.39, 0.29) is 22.9 Å². The maximum Gasteiger partial charge on any atom is 0.335 e. The molecule has 0 atom stereocenters. The number of aromatic carboxylic acids is 1. The standard InChI is InChI=1S/C14H9BrClFO3/c15-10-3-4-13(12(17)6-10)20-7-9-2-1-8(14(18)19)5-11(9)16/h1-6H,7H2,(H,18,19). The van der Waals surface area contributed by atoms with Gasteiger partial charge in [0.1, 0.15) is 6.61 Å². The molecule has 2 aromatic rings. The Morgan fingerprint density at radius 2 is 2.05 bits per heavy atom. The number of halogens is 3. The van der Waals surface area contributed by atoms with Crippen LogP contribution in [0.5, 0.6) is 5.75 Å². The maximum absolute atomic E-state index is 13.6. The van der Waals surface area contributed by atoms with Crippen LogP contribution in [0.15, 0.2) is 40.9 Å². The lowest BCUT2D eigenvalue weighted by atomic mass is 10.1. The van der Waals surface area contributed by atoms with Crippen LogP contribution >= 0.6 is 27.5 Å². The van der Waals surface area contributed by atoms with Crippen LogP contribution in [0.4, 0.5) is 4.39 Å². The zero-order chi connectivity index (χ0) is 14.7. The third kappa shape index (κ3) is 3.49. The predicted octanol–water partition coefficient (Wildman–Crippen LogP) is 4.52. The number of rotatable bonds is 4. The summed E-state index contributed by atoms with van der Waals surface area (Å²) < 4.78 is 19.5. The van der Waals surface area contributed by atoms with Crippen LogP contribution in [0.25, 0.3) is 0 Å². The highest BCUT2D eigenvalue weighted by molar-refractivity contribution is 9.10. The molecule has 0 saturated heterocycles. The van der Waals surface area contributed by atoms with Gasteiger partial charge in [0.2, 0.25) is 0 Å². The highest BCUT2D eigenvalue weighted by atomic mass is 79.9. The van der Waals surface area contributed by atoms with Crippen molar-refractivity contribution in [3.05, 3.63) is 62.8 Å². The van der Waals surface area contributed by atoms with Crippen molar-refractivity contribution in [2.24, 2.45) is 0 Å². The fraction of sp³-hybridized carbons (Fsp3) is 0.0714. The zero-order valence-electron chi connectivity index (χ0n) is 10.1. The molecule has 0 fully saturated rings. The number of carboxylic acids is 1. The molecule has 6 heteroatoms. The number of hydrogen-bond acceptors (Lipinski definition) is 2. The Morgan fingerprint density at radius 1 is 1.30 bits per heavy atom. The van der Waals surface area contributed by atoms with Crippen LogP contribution in [-0.2, 0) is 6.61 Å². The molecule has 0 aromatic heterocycles. The molecule has 2 aromatic carbocycles. The van der Waals surface area contributed by atoms with Gasteiger partial charge in [0.25, 0.3) is 0 Å². The van der Waals surface area contributed by atoms with Gasteiger partial charge >= 0.3 is 5.97 Å². The van der Waals surface area contributed by atoms with Gasteiger partial charge in [-0.15, -0.1) is 0 Å². The van der Waals surface area contributed by atoms with Crippen molar-refractivity contribution in [2.45, 2.75) is 6.61 Å². The van der Waals surface area contributed by atoms with Crippen LogP contribution in [0, 0.1) is 5.82 Å². The van der Waals surface area contributed by atoms with Crippen molar-refractivity contribution >= 4 is 33.5 Å². The number of carboxylic acid groups (broad SMARTS) is 1. The van der Waals surface area contributed by atoms with Crippen LogP contribution in [-0.4, -0.2) is 11.1 Å². The van der Waals surface area contributed by atoms with Crippen molar-refractivity contribution in [3.8, 4) is 5.75 Å². The molecule has 104 valence electrons. The minimum atomic E-state index is -1.06. The minimum Gasteiger partial charge on any atom is -0.486 e. The van der Waals surface area contributed by atoms with E-state index in [1.165, 1.54) is 24.3 Å². The summed E-state index contributed by atoms with van der Waals surface area (Å²) in [5.74, 6) is -1.44. The van der Waals surface area contributed by atoms with E-state index < -0.39 is 11.8 Å². The van der Waals surface area contributed by atoms with Gasteiger partial charge in [-0.1, -0.05) is 33.6 Å². The van der Waals surface area contributed by atoms with Gasteiger partial charge in [0.05, 0.1) is 5.56 Å². The molecule has 0 aliphatic carbocycles. The lowest BCUT2D eigenvalue weighted by Gasteiger charge is -2.09. The summed E-state index contributed by atoms with van der Waals surface area (Å²) in [6.07, 6.45) is 0. The Hall–Kier alpha value is -1.59. The largest absolute Gasteiger partial charge is 0.486 e. The highest BCUT2D eigenvalue weighted by Gasteiger charge is 2.09. The Bertz CT molecular complexity index is 661. The van der Waals surface area contributed by atoms with E-state index in [1.54, 1.807) is 12.1 Å². The number of benzene rings is 2. The van der Waals surface area contributed by atoms with E-state index >= 15 is 0 Å². The normalized spacial score (nSPS) is 10.3. The summed E-state index contributed by atoms with van der Waals surface area (Å²) in [6, 6.07) is 8.75. The Kier molecular flexibility index (Phi) is 4.62. The van der Waals surface area contributed by atoms with Crippen molar-refractivity contribution < 1.29 is 19.0 Å². The third-order valence-electron chi connectivity index (χ3n) is 2.58. The molecule has 0 bridgehead atoms. The first-order valence-electron chi connectivity index (χ1n) is 5.57. The van der Waals surface area contributed by atoms with Gasteiger partial charge < -0.3 is 9.84 Å². The molecule has 0 spiro atoms. The topological polar surface area (TPSA) is 46.5 Å². The summed E-state index contributed by atoms with van der Waals surface area (Å²) >= 11 is 9.11. The van der Waals surface area contributed by atoms with E-state index in [2.05, 4.69) is 15.9 Å². The molecule has 3 nitrogen and oxygen atoms in total. The monoisotopic (exact) mass is 358 g/mol. The minimum absolute atomic E-state index is 0.0529. The van der Waals surface area contributed by atoms with Gasteiger partial charge in [-0.25, -0.2) is 9.18 Å². The molecular formula is C14H9BrClFO3. The lowest BCUT2D eigenvalue weighted by Crippen LogP contribution is -2.01. The molecule has 20 heavy (non-hydrogen) atoms. The number of ether oxygens (including phenoxy) is 1. The molecule has 0 aliphatic heterocycles. The van der Waals surface area contributed by atoms with Gasteiger partial charge in [-0.3, -0.25) is 0 Å². The second-order valence-corrected chi connectivity index (χ2v) is 5.30. The van der Waals surface area contributed by atoms with Crippen LogP contribution in [0.3, 0.4) is 0 Å². The van der Waals surface area contributed by atoms with Crippen molar-refractivity contribution in [2.75, 3.05) is 0 Å². The lowest BCUT2D eigenvalue weighted by molar-refractivity contribution is 0.0697. The Balaban J connectivity index is 2.13. The van der Waals surface area contributed by atoms with Gasteiger partial charge in [0, 0.05) is 15.1 Å². The van der Waals surface area contributed by atoms with Crippen molar-refractivity contribution in [1.82, 2.24) is 0 Å². The zero-order valence-corrected chi connectivity index (χ0v) is 12.4. The summed E-state index contributed by atoms with van der Waals surface area (Å²) in [6.45, 7) is 0.0529. The first kappa shape index (κ1) is 14.8. The fourth-order valence-corrected chi connectivity index (χ4v) is 2.11. The van der Waals surface area contributed by atoms with E-state index in [0.717, 1.165) is 0 Å². The smallest absolute Gasteiger partial charge is 0.335 e. The van der Waals surface area contributed by atoms with Crippen LogP contribution in [0.1, 0.15) is 15.9 Å². The molecular weight excluding hydrogens is 351 g/mol. The second-order valence-electron chi connectivity index (χ2n) is 3.97. The second kappa shape index (κ2) is 6.24. The van der Waals surface area contributed by atoms with Crippen LogP contribution < -0.4 is 4.74 Å². The van der Waals surface area contributed by atoms with E-state index in [0.29, 0.717) is 10.0 Å². The van der Waals surface area contributed by atoms with Gasteiger partial charge in [-0.2, -0.15) is 0 Å². The molecule has 2 rings (SSSR count). The summed E-state index contributed by atoms with van der Waals surface area (Å²) in [5, 5.41) is 9.09. The summed E-state index contributed by atoms with van der Waals surface area (Å²) in [4.78, 5) is 10.8. The average molecular weight is 360 g/mol. The fourth-order valence-electron chi connectivity index (χ4n) is 1.55. The van der Waals surface area contributed by atoms with Gasteiger partial charge in [0.15, 0.2) is 11.6 Å². The summed E-state index contributed by atoms with van der Waals surface area (Å²) in [5.41, 5.74) is 0.674.